The van der Waals surface area contributed by atoms with Gasteiger partial charge >= 0.3 is 0 Å². The van der Waals surface area contributed by atoms with E-state index >= 15 is 0 Å². The molecule has 3 unspecified atom stereocenters. The van der Waals surface area contributed by atoms with Crippen molar-refractivity contribution in [1.82, 2.24) is 15.2 Å². The predicted molar refractivity (Wildman–Crippen MR) is 78.6 cm³/mol. The van der Waals surface area contributed by atoms with Crippen molar-refractivity contribution in [2.24, 2.45) is 17.7 Å². The van der Waals surface area contributed by atoms with Gasteiger partial charge in [0.2, 0.25) is 0 Å². The Hall–Kier alpha value is -0.870. The molecular weight excluding hydrogens is 236 g/mol. The maximum atomic E-state index is 5.80. The van der Waals surface area contributed by atoms with Gasteiger partial charge in [-0.25, -0.2) is 0 Å². The third kappa shape index (κ3) is 3.37. The SMILES string of the molecule is CCc1cc(CC(NN)C2CCC(C)C2)n(CC)n1. The Labute approximate surface area is 116 Å². The van der Waals surface area contributed by atoms with Gasteiger partial charge < -0.3 is 0 Å². The molecule has 3 N–H and O–H groups in total. The standard InChI is InChI=1S/C15H28N4/c1-4-13-9-14(19(5-2)18-13)10-15(17-16)12-7-6-11(3)8-12/h9,11-12,15,17H,4-8,10,16H2,1-3H3. The molecule has 19 heavy (non-hydrogen) atoms. The van der Waals surface area contributed by atoms with Gasteiger partial charge in [0.15, 0.2) is 0 Å². The molecule has 1 aromatic rings. The van der Waals surface area contributed by atoms with Crippen LogP contribution in [-0.2, 0) is 19.4 Å². The summed E-state index contributed by atoms with van der Waals surface area (Å²) in [6.45, 7) is 7.59. The fourth-order valence-electron chi connectivity index (χ4n) is 3.33. The Kier molecular flexibility index (Phi) is 4.99. The van der Waals surface area contributed by atoms with Crippen molar-refractivity contribution in [3.63, 3.8) is 0 Å². The molecule has 0 aliphatic heterocycles. The minimum Gasteiger partial charge on any atom is -0.271 e. The molecule has 1 fully saturated rings. The second kappa shape index (κ2) is 6.53. The zero-order chi connectivity index (χ0) is 13.8. The van der Waals surface area contributed by atoms with E-state index in [1.165, 1.54) is 30.7 Å². The topological polar surface area (TPSA) is 55.9 Å². The van der Waals surface area contributed by atoms with Crippen molar-refractivity contribution < 1.29 is 0 Å². The number of aryl methyl sites for hydroxylation is 2. The molecule has 1 heterocycles. The molecule has 0 amide bonds. The van der Waals surface area contributed by atoms with Crippen LogP contribution in [-0.4, -0.2) is 15.8 Å². The van der Waals surface area contributed by atoms with E-state index in [0.717, 1.165) is 25.3 Å². The maximum absolute atomic E-state index is 5.80. The van der Waals surface area contributed by atoms with E-state index in [0.29, 0.717) is 12.0 Å². The minimum atomic E-state index is 0.386. The largest absolute Gasteiger partial charge is 0.271 e. The van der Waals surface area contributed by atoms with Crippen LogP contribution in [0.25, 0.3) is 0 Å². The van der Waals surface area contributed by atoms with Crippen LogP contribution >= 0.6 is 0 Å². The van der Waals surface area contributed by atoms with Crippen molar-refractivity contribution in [3.8, 4) is 0 Å². The highest BCUT2D eigenvalue weighted by Crippen LogP contribution is 2.33. The highest BCUT2D eigenvalue weighted by molar-refractivity contribution is 5.12. The average Bonchev–Trinajstić information content (AvgIpc) is 3.01. The molecule has 108 valence electrons. The first kappa shape index (κ1) is 14.5. The van der Waals surface area contributed by atoms with E-state index in [4.69, 9.17) is 5.84 Å². The van der Waals surface area contributed by atoms with E-state index in [1.807, 2.05) is 0 Å². The number of aromatic nitrogens is 2. The zero-order valence-corrected chi connectivity index (χ0v) is 12.5. The van der Waals surface area contributed by atoms with Gasteiger partial charge in [-0.1, -0.05) is 20.3 Å². The first-order chi connectivity index (χ1) is 9.17. The molecule has 4 heteroatoms. The lowest BCUT2D eigenvalue weighted by atomic mass is 9.93. The van der Waals surface area contributed by atoms with Gasteiger partial charge in [0, 0.05) is 24.7 Å². The van der Waals surface area contributed by atoms with Crippen molar-refractivity contribution in [3.05, 3.63) is 17.5 Å². The third-order valence-electron chi connectivity index (χ3n) is 4.52. The number of hydrazine groups is 1. The maximum Gasteiger partial charge on any atom is 0.0624 e. The van der Waals surface area contributed by atoms with Crippen LogP contribution in [0.4, 0.5) is 0 Å². The lowest BCUT2D eigenvalue weighted by Crippen LogP contribution is -2.42. The van der Waals surface area contributed by atoms with Crippen LogP contribution in [0, 0.1) is 11.8 Å². The molecule has 0 radical (unpaired) electrons. The van der Waals surface area contributed by atoms with E-state index in [9.17, 15) is 0 Å². The number of hydrogen-bond donors (Lipinski definition) is 2. The highest BCUT2D eigenvalue weighted by Gasteiger charge is 2.29. The molecule has 2 rings (SSSR count). The monoisotopic (exact) mass is 264 g/mol. The average molecular weight is 264 g/mol. The van der Waals surface area contributed by atoms with Gasteiger partial charge in [-0.15, -0.1) is 0 Å². The summed E-state index contributed by atoms with van der Waals surface area (Å²) in [4.78, 5) is 0. The summed E-state index contributed by atoms with van der Waals surface area (Å²) in [5.41, 5.74) is 5.56. The Bertz CT molecular complexity index is 399. The van der Waals surface area contributed by atoms with Gasteiger partial charge in [-0.05, 0) is 44.1 Å². The van der Waals surface area contributed by atoms with Gasteiger partial charge in [-0.3, -0.25) is 16.0 Å². The summed E-state index contributed by atoms with van der Waals surface area (Å²) in [6, 6.07) is 2.63. The normalized spacial score (nSPS) is 24.8. The second-order valence-corrected chi connectivity index (χ2v) is 5.95. The molecule has 4 nitrogen and oxygen atoms in total. The quantitative estimate of drug-likeness (QED) is 0.612. The fourth-order valence-corrected chi connectivity index (χ4v) is 3.33. The van der Waals surface area contributed by atoms with E-state index < -0.39 is 0 Å². The summed E-state index contributed by atoms with van der Waals surface area (Å²) in [5.74, 6) is 7.36. The van der Waals surface area contributed by atoms with Crippen LogP contribution < -0.4 is 11.3 Å². The second-order valence-electron chi connectivity index (χ2n) is 5.95. The van der Waals surface area contributed by atoms with Gasteiger partial charge in [0.25, 0.3) is 0 Å². The molecule has 1 aliphatic carbocycles. The summed E-state index contributed by atoms with van der Waals surface area (Å²) < 4.78 is 2.13. The Morgan fingerprint density at radius 2 is 2.26 bits per heavy atom. The lowest BCUT2D eigenvalue weighted by Gasteiger charge is -2.23. The molecular formula is C15H28N4. The first-order valence-electron chi connectivity index (χ1n) is 7.69. The van der Waals surface area contributed by atoms with Crippen molar-refractivity contribution in [2.75, 3.05) is 0 Å². The van der Waals surface area contributed by atoms with Crippen LogP contribution in [0.15, 0.2) is 6.07 Å². The third-order valence-corrected chi connectivity index (χ3v) is 4.52. The van der Waals surface area contributed by atoms with Crippen LogP contribution in [0.2, 0.25) is 0 Å². The van der Waals surface area contributed by atoms with E-state index in [1.54, 1.807) is 0 Å². The lowest BCUT2D eigenvalue weighted by molar-refractivity contribution is 0.346. The summed E-state index contributed by atoms with van der Waals surface area (Å²) in [5, 5.41) is 4.62. The molecule has 0 aromatic carbocycles. The number of nitrogens with zero attached hydrogens (tertiary/aromatic N) is 2. The number of rotatable bonds is 6. The first-order valence-corrected chi connectivity index (χ1v) is 7.69. The summed E-state index contributed by atoms with van der Waals surface area (Å²) in [6.07, 6.45) is 5.94. The predicted octanol–water partition coefficient (Wildman–Crippen LogP) is 2.28. The smallest absolute Gasteiger partial charge is 0.0624 e. The molecule has 1 saturated carbocycles. The molecule has 0 saturated heterocycles. The number of nitrogens with two attached hydrogens (primary N) is 1. The molecule has 0 spiro atoms. The zero-order valence-electron chi connectivity index (χ0n) is 12.5. The van der Waals surface area contributed by atoms with E-state index in [-0.39, 0.29) is 0 Å². The van der Waals surface area contributed by atoms with Crippen LogP contribution in [0.1, 0.15) is 51.4 Å². The van der Waals surface area contributed by atoms with Crippen molar-refractivity contribution in [2.45, 2.75) is 65.5 Å². The van der Waals surface area contributed by atoms with Crippen LogP contribution in [0.3, 0.4) is 0 Å². The van der Waals surface area contributed by atoms with Crippen LogP contribution in [0.5, 0.6) is 0 Å². The summed E-state index contributed by atoms with van der Waals surface area (Å²) >= 11 is 0. The molecule has 1 aromatic heterocycles. The fraction of sp³-hybridized carbons (Fsp3) is 0.800. The minimum absolute atomic E-state index is 0.386. The van der Waals surface area contributed by atoms with E-state index in [2.05, 4.69) is 42.0 Å². The van der Waals surface area contributed by atoms with Crippen molar-refractivity contribution >= 4 is 0 Å². The highest BCUT2D eigenvalue weighted by atomic mass is 15.3. The molecule has 3 atom stereocenters. The summed E-state index contributed by atoms with van der Waals surface area (Å²) in [7, 11) is 0. The van der Waals surface area contributed by atoms with Gasteiger partial charge in [0.05, 0.1) is 5.69 Å². The van der Waals surface area contributed by atoms with Crippen molar-refractivity contribution in [1.29, 1.82) is 0 Å². The van der Waals surface area contributed by atoms with Gasteiger partial charge in [-0.2, -0.15) is 5.10 Å². The molecule has 1 aliphatic rings. The Morgan fingerprint density at radius 1 is 1.47 bits per heavy atom. The Balaban J connectivity index is 2.07. The Morgan fingerprint density at radius 3 is 2.79 bits per heavy atom. The number of nitrogens with one attached hydrogen (secondary N) is 1. The molecule has 0 bridgehead atoms. The van der Waals surface area contributed by atoms with Gasteiger partial charge in [0.1, 0.15) is 0 Å². The number of hydrogen-bond acceptors (Lipinski definition) is 3.